The second kappa shape index (κ2) is 4.48. The van der Waals surface area contributed by atoms with Crippen LogP contribution in [-0.4, -0.2) is 56.1 Å². The number of allylic oxidation sites excluding steroid dienone is 2. The van der Waals surface area contributed by atoms with Gasteiger partial charge < -0.3 is 4.90 Å². The maximum Gasteiger partial charge on any atom is 0.319 e. The zero-order chi connectivity index (χ0) is 15.5. The maximum absolute atomic E-state index is 12.6. The van der Waals surface area contributed by atoms with Gasteiger partial charge in [0.2, 0.25) is 11.6 Å². The van der Waals surface area contributed by atoms with Crippen molar-refractivity contribution in [3.63, 3.8) is 0 Å². The highest BCUT2D eigenvalue weighted by Gasteiger charge is 2.45. The van der Waals surface area contributed by atoms with Crippen molar-refractivity contribution in [1.29, 1.82) is 0 Å². The van der Waals surface area contributed by atoms with Gasteiger partial charge in [-0.2, -0.15) is 17.8 Å². The molecule has 1 aromatic rings. The second-order valence-electron chi connectivity index (χ2n) is 5.33. The summed E-state index contributed by atoms with van der Waals surface area (Å²) in [5.74, 6) is -1.13. The molecule has 1 aliphatic carbocycles. The number of rotatable bonds is 4. The number of ketones is 2. The first-order valence-corrected chi connectivity index (χ1v) is 8.27. The molecule has 3 aliphatic rings. The van der Waals surface area contributed by atoms with E-state index in [0.29, 0.717) is 26.2 Å². The number of hydrogen-bond donors (Lipinski definition) is 0. The molecule has 0 radical (unpaired) electrons. The molecule has 2 saturated heterocycles. The molecule has 0 bridgehead atoms. The molecule has 0 N–H and O–H groups in total. The van der Waals surface area contributed by atoms with Gasteiger partial charge in [0.25, 0.3) is 0 Å². The molecule has 0 spiro atoms. The first-order chi connectivity index (χ1) is 10.5. The molecule has 22 heavy (non-hydrogen) atoms. The zero-order valence-electron chi connectivity index (χ0n) is 11.5. The number of nitrogens with zero attached hydrogens (tertiary/aromatic N) is 2. The lowest BCUT2D eigenvalue weighted by Gasteiger charge is -2.21. The number of Topliss-reactive ketones (excluding diaryl/α,β-unsaturated/α-hetero) is 2. The third kappa shape index (κ3) is 2.07. The Bertz CT molecular complexity index is 835. The van der Waals surface area contributed by atoms with Crippen LogP contribution in [-0.2, 0) is 14.4 Å². The molecule has 4 rings (SSSR count). The Morgan fingerprint density at radius 2 is 1.50 bits per heavy atom. The fourth-order valence-electron chi connectivity index (χ4n) is 2.42. The van der Waals surface area contributed by atoms with Gasteiger partial charge in [0.05, 0.1) is 0 Å². The molecule has 0 atom stereocenters. The van der Waals surface area contributed by atoms with Crippen LogP contribution < -0.4 is 0 Å². The SMILES string of the molecule is O=C1C(N2CC2)=C(S(=O)(=O)ON2CC2)C(=O)c2ccccc21. The molecule has 0 saturated carbocycles. The molecule has 7 nitrogen and oxygen atoms in total. The number of hydroxylamine groups is 2. The summed E-state index contributed by atoms with van der Waals surface area (Å²) in [6, 6.07) is 6.24. The Labute approximate surface area is 126 Å². The van der Waals surface area contributed by atoms with Gasteiger partial charge in [0, 0.05) is 37.3 Å². The van der Waals surface area contributed by atoms with Gasteiger partial charge in [-0.05, 0) is 0 Å². The Kier molecular flexibility index (Phi) is 2.77. The third-order valence-corrected chi connectivity index (χ3v) is 4.96. The summed E-state index contributed by atoms with van der Waals surface area (Å²) in [6.45, 7) is 2.09. The molecule has 8 heteroatoms. The van der Waals surface area contributed by atoms with Crippen molar-refractivity contribution in [3.8, 4) is 0 Å². The van der Waals surface area contributed by atoms with E-state index < -0.39 is 26.6 Å². The van der Waals surface area contributed by atoms with E-state index in [2.05, 4.69) is 0 Å². The lowest BCUT2D eigenvalue weighted by Crippen LogP contribution is -2.31. The van der Waals surface area contributed by atoms with Gasteiger partial charge in [-0.15, -0.1) is 0 Å². The standard InChI is InChI=1S/C14H12N2O5S/c17-12-9-3-1-2-4-10(9)13(18)14(11(12)15-5-6-15)22(19,20)21-16-7-8-16/h1-4H,5-8H2. The summed E-state index contributed by atoms with van der Waals surface area (Å²) in [4.78, 5) is 26.3. The first-order valence-electron chi connectivity index (χ1n) is 6.86. The van der Waals surface area contributed by atoms with Crippen molar-refractivity contribution >= 4 is 21.7 Å². The van der Waals surface area contributed by atoms with E-state index in [0.717, 1.165) is 0 Å². The maximum atomic E-state index is 12.6. The molecular weight excluding hydrogens is 308 g/mol. The molecule has 2 aliphatic heterocycles. The van der Waals surface area contributed by atoms with Crippen LogP contribution in [0.25, 0.3) is 0 Å². The average molecular weight is 320 g/mol. The number of benzene rings is 1. The van der Waals surface area contributed by atoms with Crippen LogP contribution >= 0.6 is 0 Å². The largest absolute Gasteiger partial charge is 0.364 e. The van der Waals surface area contributed by atoms with Crippen molar-refractivity contribution in [1.82, 2.24) is 9.96 Å². The average Bonchev–Trinajstić information content (AvgIpc) is 3.35. The van der Waals surface area contributed by atoms with E-state index in [4.69, 9.17) is 4.28 Å². The minimum atomic E-state index is -4.31. The van der Waals surface area contributed by atoms with Crippen molar-refractivity contribution in [2.24, 2.45) is 0 Å². The normalized spacial score (nSPS) is 21.2. The highest BCUT2D eigenvalue weighted by Crippen LogP contribution is 2.35. The number of carbonyl (C=O) groups excluding carboxylic acids is 2. The van der Waals surface area contributed by atoms with E-state index in [1.165, 1.54) is 17.2 Å². The van der Waals surface area contributed by atoms with E-state index in [9.17, 15) is 18.0 Å². The molecule has 0 amide bonds. The molecule has 2 heterocycles. The summed E-state index contributed by atoms with van der Waals surface area (Å²) < 4.78 is 29.7. The van der Waals surface area contributed by atoms with Crippen LogP contribution in [0.15, 0.2) is 34.9 Å². The number of carbonyl (C=O) groups is 2. The second-order valence-corrected chi connectivity index (χ2v) is 6.79. The summed E-state index contributed by atoms with van der Waals surface area (Å²) >= 11 is 0. The third-order valence-electron chi connectivity index (χ3n) is 3.68. The van der Waals surface area contributed by atoms with Gasteiger partial charge in [-0.1, -0.05) is 24.3 Å². The summed E-state index contributed by atoms with van der Waals surface area (Å²) in [5.41, 5.74) is 0.275. The summed E-state index contributed by atoms with van der Waals surface area (Å²) in [7, 11) is -4.31. The van der Waals surface area contributed by atoms with Gasteiger partial charge in [-0.3, -0.25) is 9.59 Å². The van der Waals surface area contributed by atoms with Crippen LogP contribution in [0.4, 0.5) is 0 Å². The van der Waals surface area contributed by atoms with Gasteiger partial charge in [0.1, 0.15) is 5.70 Å². The lowest BCUT2D eigenvalue weighted by molar-refractivity contribution is 0.0788. The van der Waals surface area contributed by atoms with E-state index in [-0.39, 0.29) is 16.8 Å². The first kappa shape index (κ1) is 13.6. The van der Waals surface area contributed by atoms with Gasteiger partial charge in [0.15, 0.2) is 4.91 Å². The smallest absolute Gasteiger partial charge is 0.319 e. The van der Waals surface area contributed by atoms with Crippen LogP contribution in [0.2, 0.25) is 0 Å². The number of hydrogen-bond acceptors (Lipinski definition) is 7. The Morgan fingerprint density at radius 1 is 0.909 bits per heavy atom. The van der Waals surface area contributed by atoms with Crippen molar-refractivity contribution in [2.75, 3.05) is 26.2 Å². The Balaban J connectivity index is 1.90. The molecule has 1 aromatic carbocycles. The van der Waals surface area contributed by atoms with Crippen molar-refractivity contribution < 1.29 is 22.3 Å². The van der Waals surface area contributed by atoms with Crippen molar-refractivity contribution in [2.45, 2.75) is 0 Å². The van der Waals surface area contributed by atoms with Gasteiger partial charge in [-0.25, -0.2) is 0 Å². The van der Waals surface area contributed by atoms with Crippen LogP contribution in [0.1, 0.15) is 20.7 Å². The van der Waals surface area contributed by atoms with Crippen molar-refractivity contribution in [3.05, 3.63) is 46.0 Å². The molecular formula is C14H12N2O5S. The highest BCUT2D eigenvalue weighted by molar-refractivity contribution is 7.91. The van der Waals surface area contributed by atoms with Gasteiger partial charge >= 0.3 is 10.1 Å². The zero-order valence-corrected chi connectivity index (χ0v) is 12.3. The van der Waals surface area contributed by atoms with Crippen LogP contribution in [0, 0.1) is 0 Å². The quantitative estimate of drug-likeness (QED) is 0.731. The molecule has 0 aromatic heterocycles. The minimum Gasteiger partial charge on any atom is -0.364 e. The number of fused-ring (bicyclic) bond motifs is 1. The Hall–Kier alpha value is -2.03. The highest BCUT2D eigenvalue weighted by atomic mass is 32.2. The van der Waals surface area contributed by atoms with Crippen LogP contribution in [0.5, 0.6) is 0 Å². The van der Waals surface area contributed by atoms with E-state index in [1.807, 2.05) is 0 Å². The van der Waals surface area contributed by atoms with E-state index in [1.54, 1.807) is 17.0 Å². The molecule has 114 valence electrons. The monoisotopic (exact) mass is 320 g/mol. The fourth-order valence-corrected chi connectivity index (χ4v) is 3.72. The lowest BCUT2D eigenvalue weighted by atomic mass is 9.92. The predicted octanol–water partition coefficient (Wildman–Crippen LogP) is 0.170. The van der Waals surface area contributed by atoms with E-state index >= 15 is 0 Å². The fraction of sp³-hybridized carbons (Fsp3) is 0.286. The predicted molar refractivity (Wildman–Crippen MR) is 75.3 cm³/mol. The topological polar surface area (TPSA) is 83.5 Å². The molecule has 0 unspecified atom stereocenters. The Morgan fingerprint density at radius 3 is 2.05 bits per heavy atom. The van der Waals surface area contributed by atoms with Crippen LogP contribution in [0.3, 0.4) is 0 Å². The summed E-state index contributed by atoms with van der Waals surface area (Å²) in [5, 5.41) is 1.22. The summed E-state index contributed by atoms with van der Waals surface area (Å²) in [6.07, 6.45) is 0. The molecule has 2 fully saturated rings. The minimum absolute atomic E-state index is 0.0643.